The van der Waals surface area contributed by atoms with Crippen LogP contribution in [0.4, 0.5) is 26.3 Å². The number of fused-ring (bicyclic) bond motifs is 1. The Labute approximate surface area is 104 Å². The van der Waals surface area contributed by atoms with Gasteiger partial charge in [-0.05, 0) is 30.9 Å². The molecule has 19 heavy (non-hydrogen) atoms. The van der Waals surface area contributed by atoms with E-state index in [1.54, 1.807) is 6.92 Å². The Kier molecular flexibility index (Phi) is 3.06. The average Bonchev–Trinajstić information content (AvgIpc) is 2.24. The van der Waals surface area contributed by atoms with E-state index < -0.39 is 34.9 Å². The molecule has 0 fully saturated rings. The zero-order valence-corrected chi connectivity index (χ0v) is 9.65. The van der Waals surface area contributed by atoms with Crippen molar-refractivity contribution in [3.63, 3.8) is 0 Å². The molecular weight excluding hydrogens is 274 g/mol. The smallest absolute Gasteiger partial charge is 0.164 e. The summed E-state index contributed by atoms with van der Waals surface area (Å²) < 4.78 is 76.3. The molecule has 0 radical (unpaired) electrons. The van der Waals surface area contributed by atoms with Crippen LogP contribution in [0.25, 0.3) is 0 Å². The van der Waals surface area contributed by atoms with E-state index in [2.05, 4.69) is 10.2 Å². The van der Waals surface area contributed by atoms with Crippen LogP contribution < -0.4 is 0 Å². The van der Waals surface area contributed by atoms with Gasteiger partial charge in [-0.1, -0.05) is 11.6 Å². The summed E-state index contributed by atoms with van der Waals surface area (Å²) >= 11 is 0. The average molecular weight is 282 g/mol. The summed E-state index contributed by atoms with van der Waals surface area (Å²) in [4.78, 5) is 0. The Balaban J connectivity index is 2.67. The van der Waals surface area contributed by atoms with Gasteiger partial charge in [0.2, 0.25) is 0 Å². The van der Waals surface area contributed by atoms with Gasteiger partial charge in [0.15, 0.2) is 11.4 Å². The van der Waals surface area contributed by atoms with Crippen molar-refractivity contribution in [3.8, 4) is 0 Å². The highest BCUT2D eigenvalue weighted by atomic mass is 19.4. The zero-order valence-electron chi connectivity index (χ0n) is 9.65. The van der Waals surface area contributed by atoms with Crippen molar-refractivity contribution >= 4 is 0 Å². The molecule has 0 aromatic carbocycles. The van der Waals surface area contributed by atoms with Crippen LogP contribution in [0.5, 0.6) is 0 Å². The Morgan fingerprint density at radius 2 is 1.37 bits per heavy atom. The molecule has 104 valence electrons. The number of hydrogen-bond donors (Lipinski definition) is 0. The van der Waals surface area contributed by atoms with Gasteiger partial charge in [-0.15, -0.1) is 10.2 Å². The molecule has 0 bridgehead atoms. The zero-order chi connectivity index (χ0) is 14.4. The van der Waals surface area contributed by atoms with Gasteiger partial charge in [-0.25, -0.2) is 0 Å². The van der Waals surface area contributed by atoms with Crippen LogP contribution in [-0.2, 0) is 25.2 Å². The van der Waals surface area contributed by atoms with Gasteiger partial charge in [0.1, 0.15) is 0 Å². The Hall–Kier alpha value is -1.60. The molecule has 1 heterocycles. The second-order valence-corrected chi connectivity index (χ2v) is 4.28. The maximum Gasteiger partial charge on any atom is 0.435 e. The molecule has 1 aliphatic carbocycles. The predicted molar refractivity (Wildman–Crippen MR) is 53.2 cm³/mol. The van der Waals surface area contributed by atoms with Gasteiger partial charge in [0, 0.05) is 0 Å². The topological polar surface area (TPSA) is 25.8 Å². The Bertz CT molecular complexity index is 541. The van der Waals surface area contributed by atoms with Crippen molar-refractivity contribution in [2.24, 2.45) is 0 Å². The van der Waals surface area contributed by atoms with E-state index in [1.807, 2.05) is 0 Å². The molecule has 0 amide bonds. The number of rotatable bonds is 0. The summed E-state index contributed by atoms with van der Waals surface area (Å²) in [6.07, 6.45) is -8.55. The molecule has 0 unspecified atom stereocenters. The number of aromatic nitrogens is 2. The molecule has 2 nitrogen and oxygen atoms in total. The van der Waals surface area contributed by atoms with E-state index in [9.17, 15) is 26.3 Å². The number of nitrogens with zero attached hydrogens (tertiary/aromatic N) is 2. The lowest BCUT2D eigenvalue weighted by Crippen LogP contribution is -2.23. The highest BCUT2D eigenvalue weighted by Crippen LogP contribution is 2.39. The summed E-state index contributed by atoms with van der Waals surface area (Å²) in [5.41, 5.74) is -2.93. The first-order chi connectivity index (χ1) is 8.60. The first-order valence-corrected chi connectivity index (χ1v) is 5.29. The summed E-state index contributed by atoms with van der Waals surface area (Å²) in [5.74, 6) is 0. The second kappa shape index (κ2) is 4.21. The van der Waals surface area contributed by atoms with Crippen LogP contribution in [0.15, 0.2) is 11.6 Å². The lowest BCUT2D eigenvalue weighted by Gasteiger charge is -2.21. The van der Waals surface area contributed by atoms with Crippen LogP contribution in [0.2, 0.25) is 0 Å². The largest absolute Gasteiger partial charge is 0.435 e. The Morgan fingerprint density at radius 3 is 1.84 bits per heavy atom. The Morgan fingerprint density at radius 1 is 0.895 bits per heavy atom. The van der Waals surface area contributed by atoms with Crippen LogP contribution in [0, 0.1) is 0 Å². The van der Waals surface area contributed by atoms with Gasteiger partial charge in [0.25, 0.3) is 0 Å². The summed E-state index contributed by atoms with van der Waals surface area (Å²) in [7, 11) is 0. The molecule has 1 aromatic rings. The maximum atomic E-state index is 12.7. The molecule has 0 aliphatic heterocycles. The monoisotopic (exact) mass is 282 g/mol. The number of allylic oxidation sites excluding steroid dienone is 2. The first kappa shape index (κ1) is 13.8. The molecule has 8 heteroatoms. The predicted octanol–water partition coefficient (Wildman–Crippen LogP) is 3.56. The standard InChI is InChI=1S/C11H8F6N2/c1-5-2-3-6-7(4-5)9(11(15,16)17)19-18-8(6)10(12,13)14/h2H,3-4H2,1H3. The van der Waals surface area contributed by atoms with Gasteiger partial charge in [-0.2, -0.15) is 26.3 Å². The fraction of sp³-hybridized carbons (Fsp3) is 0.455. The van der Waals surface area contributed by atoms with Crippen molar-refractivity contribution in [1.82, 2.24) is 10.2 Å². The van der Waals surface area contributed by atoms with E-state index in [0.29, 0.717) is 5.57 Å². The van der Waals surface area contributed by atoms with Crippen molar-refractivity contribution in [3.05, 3.63) is 34.2 Å². The summed E-state index contributed by atoms with van der Waals surface area (Å²) in [6.45, 7) is 1.57. The number of hydrogen-bond acceptors (Lipinski definition) is 2. The molecule has 2 rings (SSSR count). The lowest BCUT2D eigenvalue weighted by atomic mass is 9.90. The molecule has 1 aliphatic rings. The molecule has 1 aromatic heterocycles. The first-order valence-electron chi connectivity index (χ1n) is 5.29. The normalized spacial score (nSPS) is 16.1. The lowest BCUT2D eigenvalue weighted by molar-refractivity contribution is -0.148. The fourth-order valence-corrected chi connectivity index (χ4v) is 2.00. The van der Waals surface area contributed by atoms with Crippen molar-refractivity contribution < 1.29 is 26.3 Å². The highest BCUT2D eigenvalue weighted by Gasteiger charge is 2.43. The molecule has 0 saturated carbocycles. The van der Waals surface area contributed by atoms with Crippen molar-refractivity contribution in [2.45, 2.75) is 32.1 Å². The molecular formula is C11H8F6N2. The number of alkyl halides is 6. The SMILES string of the molecule is CC1=CCc2c(C(F)(F)F)nnc(C(F)(F)F)c2C1. The van der Waals surface area contributed by atoms with Gasteiger partial charge in [0.05, 0.1) is 0 Å². The quantitative estimate of drug-likeness (QED) is 0.537. The van der Waals surface area contributed by atoms with Crippen LogP contribution in [0.3, 0.4) is 0 Å². The minimum Gasteiger partial charge on any atom is -0.164 e. The van der Waals surface area contributed by atoms with Crippen LogP contribution in [-0.4, -0.2) is 10.2 Å². The minimum atomic E-state index is -4.81. The van der Waals surface area contributed by atoms with E-state index in [0.717, 1.165) is 0 Å². The van der Waals surface area contributed by atoms with Crippen molar-refractivity contribution in [2.75, 3.05) is 0 Å². The highest BCUT2D eigenvalue weighted by molar-refractivity contribution is 5.42. The van der Waals surface area contributed by atoms with Gasteiger partial charge in [-0.3, -0.25) is 0 Å². The van der Waals surface area contributed by atoms with E-state index in [1.165, 1.54) is 6.08 Å². The third kappa shape index (κ3) is 2.57. The van der Waals surface area contributed by atoms with Crippen molar-refractivity contribution in [1.29, 1.82) is 0 Å². The van der Waals surface area contributed by atoms with E-state index in [-0.39, 0.29) is 12.8 Å². The maximum absolute atomic E-state index is 12.7. The second-order valence-electron chi connectivity index (χ2n) is 4.28. The third-order valence-electron chi connectivity index (χ3n) is 2.83. The van der Waals surface area contributed by atoms with Gasteiger partial charge >= 0.3 is 12.4 Å². The molecule has 0 N–H and O–H groups in total. The van der Waals surface area contributed by atoms with Crippen LogP contribution in [0.1, 0.15) is 29.4 Å². The van der Waals surface area contributed by atoms with E-state index >= 15 is 0 Å². The molecule has 0 atom stereocenters. The third-order valence-corrected chi connectivity index (χ3v) is 2.83. The summed E-state index contributed by atoms with van der Waals surface area (Å²) in [5, 5.41) is 5.47. The van der Waals surface area contributed by atoms with Gasteiger partial charge < -0.3 is 0 Å². The minimum absolute atomic E-state index is 0.192. The van der Waals surface area contributed by atoms with E-state index in [4.69, 9.17) is 0 Å². The molecule has 0 saturated heterocycles. The van der Waals surface area contributed by atoms with Crippen LogP contribution >= 0.6 is 0 Å². The number of halogens is 6. The fourth-order valence-electron chi connectivity index (χ4n) is 2.00. The molecule has 0 spiro atoms. The summed E-state index contributed by atoms with van der Waals surface area (Å²) in [6, 6.07) is 0.